The smallest absolute Gasteiger partial charge is 0.188 e. The third-order valence-electron chi connectivity index (χ3n) is 8.36. The van der Waals surface area contributed by atoms with E-state index in [9.17, 15) is 5.26 Å². The highest BCUT2D eigenvalue weighted by atomic mass is 32.1. The van der Waals surface area contributed by atoms with E-state index < -0.39 is 0 Å². The second-order valence-corrected chi connectivity index (χ2v) is 11.7. The van der Waals surface area contributed by atoms with Crippen LogP contribution in [0.1, 0.15) is 5.56 Å². The van der Waals surface area contributed by atoms with Crippen LogP contribution in [-0.4, -0.2) is 14.1 Å². The van der Waals surface area contributed by atoms with E-state index in [0.29, 0.717) is 11.3 Å². The van der Waals surface area contributed by atoms with Gasteiger partial charge in [0.25, 0.3) is 0 Å². The third-order valence-corrected chi connectivity index (χ3v) is 9.50. The summed E-state index contributed by atoms with van der Waals surface area (Å²) < 4.78 is 6.86. The lowest BCUT2D eigenvalue weighted by Gasteiger charge is -2.11. The van der Waals surface area contributed by atoms with Crippen molar-refractivity contribution in [1.82, 2.24) is 14.1 Å². The van der Waals surface area contributed by atoms with Crippen molar-refractivity contribution >= 4 is 80.8 Å². The highest BCUT2D eigenvalue weighted by Gasteiger charge is 2.20. The molecule has 0 N–H and O–H groups in total. The van der Waals surface area contributed by atoms with Gasteiger partial charge in [0, 0.05) is 36.3 Å². The molecule has 0 atom stereocenters. The maximum atomic E-state index is 9.56. The molecule has 43 heavy (non-hydrogen) atoms. The molecule has 0 aliphatic heterocycles. The highest BCUT2D eigenvalue weighted by molar-refractivity contribution is 7.26. The molecule has 4 aromatic heterocycles. The van der Waals surface area contributed by atoms with Crippen LogP contribution in [0.5, 0.6) is 0 Å². The first-order chi connectivity index (χ1) is 21.2. The lowest BCUT2D eigenvalue weighted by molar-refractivity contribution is 1.01. The van der Waals surface area contributed by atoms with E-state index in [1.807, 2.05) is 66.7 Å². The zero-order valence-electron chi connectivity index (χ0n) is 22.6. The molecule has 0 aliphatic rings. The number of aromatic nitrogens is 3. The minimum absolute atomic E-state index is 0.617. The number of pyridine rings is 1. The summed E-state index contributed by atoms with van der Waals surface area (Å²) in [5.41, 5.74) is 5.35. The molecule has 0 radical (unpaired) electrons. The Morgan fingerprint density at radius 3 is 2.14 bits per heavy atom. The Labute approximate surface area is 249 Å². The molecule has 9 aromatic rings. The summed E-state index contributed by atoms with van der Waals surface area (Å²) in [7, 11) is 0. The molecule has 0 bridgehead atoms. The predicted octanol–water partition coefficient (Wildman–Crippen LogP) is 10.1. The summed E-state index contributed by atoms with van der Waals surface area (Å²) in [4.78, 5) is 9.04. The largest absolute Gasteiger partial charge is 0.294 e. The minimum Gasteiger partial charge on any atom is -0.294 e. The molecule has 0 aliphatic carbocycles. The molecule has 0 unspecified atom stereocenters. The standard InChI is InChI=1S/C37H19N5S/c1-39-23-14-16-30-27(20-23)36-31(17-18-33-37(36)25-8-3-5-10-32(25)43-33)42(30)35-12-6-11-34(40-35)41-28-9-4-2-7-24(28)26-19-22(21-38)13-15-29(26)41/h2-20H. The quantitative estimate of drug-likeness (QED) is 0.196. The topological polar surface area (TPSA) is 50.9 Å². The summed E-state index contributed by atoms with van der Waals surface area (Å²) in [6, 6.07) is 41.3. The van der Waals surface area contributed by atoms with Gasteiger partial charge in [0.2, 0.25) is 0 Å². The van der Waals surface area contributed by atoms with E-state index in [1.54, 1.807) is 11.3 Å². The van der Waals surface area contributed by atoms with Crippen molar-refractivity contribution in [3.8, 4) is 17.7 Å². The van der Waals surface area contributed by atoms with Crippen molar-refractivity contribution < 1.29 is 0 Å². The molecular formula is C37H19N5S. The van der Waals surface area contributed by atoms with Crippen LogP contribution in [-0.2, 0) is 0 Å². The molecular weight excluding hydrogens is 547 g/mol. The summed E-state index contributed by atoms with van der Waals surface area (Å²) in [6.07, 6.45) is 0. The summed E-state index contributed by atoms with van der Waals surface area (Å²) in [6.45, 7) is 7.71. The number of thiophene rings is 1. The van der Waals surface area contributed by atoms with Gasteiger partial charge in [0.15, 0.2) is 5.69 Å². The lowest BCUT2D eigenvalue weighted by atomic mass is 10.1. The molecule has 0 fully saturated rings. The Morgan fingerprint density at radius 1 is 0.605 bits per heavy atom. The molecule has 6 heteroatoms. The fourth-order valence-electron chi connectivity index (χ4n) is 6.58. The zero-order chi connectivity index (χ0) is 28.7. The van der Waals surface area contributed by atoms with Gasteiger partial charge in [-0.25, -0.2) is 9.83 Å². The average molecular weight is 566 g/mol. The van der Waals surface area contributed by atoms with Crippen molar-refractivity contribution in [2.24, 2.45) is 0 Å². The van der Waals surface area contributed by atoms with Gasteiger partial charge in [-0.15, -0.1) is 11.3 Å². The normalized spacial score (nSPS) is 11.7. The molecule has 198 valence electrons. The number of rotatable bonds is 2. The van der Waals surface area contributed by atoms with Crippen molar-refractivity contribution in [3.63, 3.8) is 0 Å². The van der Waals surface area contributed by atoms with Crippen molar-refractivity contribution in [2.45, 2.75) is 0 Å². The van der Waals surface area contributed by atoms with E-state index in [-0.39, 0.29) is 0 Å². The van der Waals surface area contributed by atoms with Gasteiger partial charge in [-0.3, -0.25) is 9.13 Å². The summed E-state index contributed by atoms with van der Waals surface area (Å²) in [5, 5.41) is 16.3. The lowest BCUT2D eigenvalue weighted by Crippen LogP contribution is -2.03. The van der Waals surface area contributed by atoms with E-state index in [2.05, 4.69) is 68.6 Å². The maximum Gasteiger partial charge on any atom is 0.188 e. The van der Waals surface area contributed by atoms with Crippen LogP contribution in [0.2, 0.25) is 0 Å². The second kappa shape index (κ2) is 8.77. The molecule has 5 nitrogen and oxygen atoms in total. The molecule has 5 aromatic carbocycles. The Morgan fingerprint density at radius 2 is 1.30 bits per heavy atom. The Kier molecular flexibility index (Phi) is 4.84. The van der Waals surface area contributed by atoms with Crippen LogP contribution in [0.25, 0.3) is 80.3 Å². The van der Waals surface area contributed by atoms with E-state index in [4.69, 9.17) is 11.6 Å². The minimum atomic E-state index is 0.617. The van der Waals surface area contributed by atoms with E-state index in [1.165, 1.54) is 20.2 Å². The fraction of sp³-hybridized carbons (Fsp3) is 0. The maximum absolute atomic E-state index is 9.56. The van der Waals surface area contributed by atoms with Crippen LogP contribution in [0.15, 0.2) is 115 Å². The molecule has 9 rings (SSSR count). The van der Waals surface area contributed by atoms with Gasteiger partial charge < -0.3 is 0 Å². The monoisotopic (exact) mass is 565 g/mol. The first-order valence-electron chi connectivity index (χ1n) is 13.9. The number of para-hydroxylation sites is 1. The van der Waals surface area contributed by atoms with Crippen LogP contribution < -0.4 is 0 Å². The summed E-state index contributed by atoms with van der Waals surface area (Å²) in [5.74, 6) is 1.59. The second-order valence-electron chi connectivity index (χ2n) is 10.6. The first-order valence-corrected chi connectivity index (χ1v) is 14.7. The Bertz CT molecular complexity index is 2710. The van der Waals surface area contributed by atoms with E-state index >= 15 is 0 Å². The van der Waals surface area contributed by atoms with Gasteiger partial charge >= 0.3 is 0 Å². The van der Waals surface area contributed by atoms with Gasteiger partial charge in [-0.05, 0) is 72.1 Å². The van der Waals surface area contributed by atoms with Gasteiger partial charge in [-0.1, -0.05) is 48.5 Å². The first kappa shape index (κ1) is 23.7. The van der Waals surface area contributed by atoms with Gasteiger partial charge in [0.1, 0.15) is 11.6 Å². The van der Waals surface area contributed by atoms with Gasteiger partial charge in [0.05, 0.1) is 40.3 Å². The third kappa shape index (κ3) is 3.27. The number of hydrogen-bond acceptors (Lipinski definition) is 3. The fourth-order valence-corrected chi connectivity index (χ4v) is 7.69. The molecule has 4 heterocycles. The van der Waals surface area contributed by atoms with Crippen molar-refractivity contribution in [1.29, 1.82) is 5.26 Å². The SMILES string of the molecule is [C-]#[N+]c1ccc2c(c1)c1c3c(ccc1n2-c1cccc(-n2c4ccccc4c4cc(C#N)ccc42)n1)sc1ccccc13. The number of hydrogen-bond donors (Lipinski definition) is 0. The average Bonchev–Trinajstić information content (AvgIpc) is 3.71. The number of nitrogens with zero attached hydrogens (tertiary/aromatic N) is 5. The molecule has 0 saturated heterocycles. The molecule has 0 amide bonds. The van der Waals surface area contributed by atoms with Gasteiger partial charge in [-0.2, -0.15) is 5.26 Å². The molecule has 0 saturated carbocycles. The number of fused-ring (bicyclic) bond motifs is 10. The van der Waals surface area contributed by atoms with Crippen molar-refractivity contribution in [3.05, 3.63) is 132 Å². The predicted molar refractivity (Wildman–Crippen MR) is 177 cm³/mol. The summed E-state index contributed by atoms with van der Waals surface area (Å²) >= 11 is 1.80. The zero-order valence-corrected chi connectivity index (χ0v) is 23.4. The van der Waals surface area contributed by atoms with E-state index in [0.717, 1.165) is 55.2 Å². The van der Waals surface area contributed by atoms with Crippen LogP contribution in [0.3, 0.4) is 0 Å². The van der Waals surface area contributed by atoms with Crippen LogP contribution in [0, 0.1) is 17.9 Å². The Balaban J connectivity index is 1.38. The highest BCUT2D eigenvalue weighted by Crippen LogP contribution is 2.44. The molecule has 0 spiro atoms. The van der Waals surface area contributed by atoms with Crippen LogP contribution in [0.4, 0.5) is 5.69 Å². The number of nitriles is 1. The van der Waals surface area contributed by atoms with Crippen LogP contribution >= 0.6 is 11.3 Å². The number of benzene rings is 5. The Hall–Kier alpha value is -5.95. The van der Waals surface area contributed by atoms with Crippen molar-refractivity contribution in [2.75, 3.05) is 0 Å².